The number of nitrogens with two attached hydrogens (primary N) is 1. The number of hydrogen-bond donors (Lipinski definition) is 1. The van der Waals surface area contributed by atoms with Gasteiger partial charge in [-0.05, 0) is 56.0 Å². The van der Waals surface area contributed by atoms with Crippen LogP contribution in [0.3, 0.4) is 0 Å². The molecular weight excluding hydrogens is 452 g/mol. The molecule has 2 N–H and O–H groups in total. The van der Waals surface area contributed by atoms with Crippen LogP contribution in [0.5, 0.6) is 5.75 Å². The van der Waals surface area contributed by atoms with Crippen LogP contribution in [0, 0.1) is 0 Å². The molecule has 1 aliphatic heterocycles. The highest BCUT2D eigenvalue weighted by Crippen LogP contribution is 2.31. The molecule has 8 nitrogen and oxygen atoms in total. The smallest absolute Gasteiger partial charge is 0.258 e. The Hall–Kier alpha value is -3.33. The maximum absolute atomic E-state index is 12.7. The Labute approximate surface area is 201 Å². The number of aliphatic imine (C=N–C) groups is 1. The monoisotopic (exact) mass is 484 g/mol. The van der Waals surface area contributed by atoms with Crippen molar-refractivity contribution in [2.45, 2.75) is 56.2 Å². The molecule has 0 aliphatic carbocycles. The van der Waals surface area contributed by atoms with Gasteiger partial charge in [0.25, 0.3) is 5.56 Å². The van der Waals surface area contributed by atoms with Gasteiger partial charge in [-0.15, -0.1) is 0 Å². The summed E-state index contributed by atoms with van der Waals surface area (Å²) in [7, 11) is -3.29. The van der Waals surface area contributed by atoms with Gasteiger partial charge in [-0.2, -0.15) is 0 Å². The van der Waals surface area contributed by atoms with E-state index < -0.39 is 9.84 Å². The first-order valence-corrected chi connectivity index (χ1v) is 13.1. The van der Waals surface area contributed by atoms with E-state index in [9.17, 15) is 13.2 Å². The average Bonchev–Trinajstić information content (AvgIpc) is 2.78. The molecule has 1 fully saturated rings. The molecule has 1 saturated heterocycles. The van der Waals surface area contributed by atoms with Crippen molar-refractivity contribution in [3.8, 4) is 11.4 Å². The summed E-state index contributed by atoms with van der Waals surface area (Å²) < 4.78 is 31.0. The van der Waals surface area contributed by atoms with Gasteiger partial charge in [0.15, 0.2) is 9.84 Å². The minimum atomic E-state index is -3.29. The highest BCUT2D eigenvalue weighted by molar-refractivity contribution is 7.90. The molecule has 0 amide bonds. The van der Waals surface area contributed by atoms with Gasteiger partial charge in [-0.1, -0.05) is 13.5 Å². The Bertz CT molecular complexity index is 1230. The van der Waals surface area contributed by atoms with Crippen molar-refractivity contribution in [1.82, 2.24) is 9.47 Å². The third-order valence-corrected chi connectivity index (χ3v) is 7.06. The van der Waals surface area contributed by atoms with Crippen LogP contribution in [-0.4, -0.2) is 48.5 Å². The lowest BCUT2D eigenvalue weighted by atomic mass is 9.92. The van der Waals surface area contributed by atoms with E-state index in [1.54, 1.807) is 36.7 Å². The Morgan fingerprint density at radius 2 is 1.97 bits per heavy atom. The average molecular weight is 485 g/mol. The summed E-state index contributed by atoms with van der Waals surface area (Å²) in [6, 6.07) is 9.81. The van der Waals surface area contributed by atoms with Gasteiger partial charge in [0, 0.05) is 55.3 Å². The fraction of sp³-hybridized carbons (Fsp3) is 0.360. The minimum absolute atomic E-state index is 0.0405. The summed E-state index contributed by atoms with van der Waals surface area (Å²) in [5.41, 5.74) is 5.69. The number of allylic oxidation sites excluding steroid dienone is 1. The van der Waals surface area contributed by atoms with E-state index in [-0.39, 0.29) is 28.6 Å². The topological polar surface area (TPSA) is 107 Å². The van der Waals surface area contributed by atoms with E-state index in [2.05, 4.69) is 30.3 Å². The third kappa shape index (κ3) is 5.96. The van der Waals surface area contributed by atoms with Crippen molar-refractivity contribution < 1.29 is 13.2 Å². The summed E-state index contributed by atoms with van der Waals surface area (Å²) in [4.78, 5) is 19.5. The zero-order valence-electron chi connectivity index (χ0n) is 19.8. The first kappa shape index (κ1) is 25.3. The largest absolute Gasteiger partial charge is 0.490 e. The summed E-state index contributed by atoms with van der Waals surface area (Å²) in [5, 5.41) is 0. The molecule has 0 radical (unpaired) electrons. The minimum Gasteiger partial charge on any atom is -0.490 e. The lowest BCUT2D eigenvalue weighted by molar-refractivity contribution is 0.0390. The summed E-state index contributed by atoms with van der Waals surface area (Å²) in [6.07, 6.45) is 9.95. The lowest BCUT2D eigenvalue weighted by Gasteiger charge is -2.44. The molecule has 1 aromatic carbocycles. The highest BCUT2D eigenvalue weighted by atomic mass is 32.2. The molecule has 34 heavy (non-hydrogen) atoms. The molecule has 0 unspecified atom stereocenters. The number of ether oxygens (including phenoxy) is 1. The molecule has 0 bridgehead atoms. The fourth-order valence-electron chi connectivity index (χ4n) is 4.33. The van der Waals surface area contributed by atoms with Gasteiger partial charge in [-0.25, -0.2) is 13.4 Å². The van der Waals surface area contributed by atoms with E-state index in [0.29, 0.717) is 17.3 Å². The Morgan fingerprint density at radius 1 is 1.26 bits per heavy atom. The molecule has 2 aromatic rings. The predicted octanol–water partition coefficient (Wildman–Crippen LogP) is 3.27. The maximum Gasteiger partial charge on any atom is 0.258 e. The quantitative estimate of drug-likeness (QED) is 0.577. The second-order valence-electron chi connectivity index (χ2n) is 8.45. The van der Waals surface area contributed by atoms with Crippen molar-refractivity contribution in [3.63, 3.8) is 0 Å². The highest BCUT2D eigenvalue weighted by Gasteiger charge is 2.34. The van der Waals surface area contributed by atoms with Crippen LogP contribution in [0.15, 0.2) is 82.0 Å². The number of hydrogen-bond acceptors (Lipinski definition) is 7. The van der Waals surface area contributed by atoms with Crippen molar-refractivity contribution >= 4 is 16.1 Å². The zero-order chi connectivity index (χ0) is 24.9. The van der Waals surface area contributed by atoms with E-state index in [4.69, 9.17) is 10.5 Å². The SMILES string of the molecule is C=C(N=C/C=C\N)N1[C@H](CC)C[C@@H](Oc2ccn(-c3ccc(S(C)(=O)=O)cc3)c(=O)c2)C[C@H]1C. The second kappa shape index (κ2) is 10.7. The summed E-state index contributed by atoms with van der Waals surface area (Å²) in [5.74, 6) is 1.21. The van der Waals surface area contributed by atoms with Crippen molar-refractivity contribution in [3.05, 3.63) is 77.6 Å². The van der Waals surface area contributed by atoms with Gasteiger partial charge < -0.3 is 15.4 Å². The molecule has 0 spiro atoms. The van der Waals surface area contributed by atoms with Crippen LogP contribution in [0.4, 0.5) is 0 Å². The Balaban J connectivity index is 1.72. The molecule has 2 heterocycles. The molecule has 1 aromatic heterocycles. The molecule has 0 saturated carbocycles. The Morgan fingerprint density at radius 3 is 2.56 bits per heavy atom. The first-order valence-electron chi connectivity index (χ1n) is 11.2. The number of pyridine rings is 1. The number of likely N-dealkylation sites (tertiary alicyclic amines) is 1. The van der Waals surface area contributed by atoms with E-state index in [1.807, 2.05) is 0 Å². The third-order valence-electron chi connectivity index (χ3n) is 5.93. The van der Waals surface area contributed by atoms with Crippen molar-refractivity contribution in [2.24, 2.45) is 10.7 Å². The van der Waals surface area contributed by atoms with E-state index >= 15 is 0 Å². The molecule has 3 rings (SSSR count). The van der Waals surface area contributed by atoms with Crippen LogP contribution in [0.1, 0.15) is 33.1 Å². The number of benzene rings is 1. The number of rotatable bonds is 8. The Kier molecular flexibility index (Phi) is 7.98. The molecular formula is C25H32N4O4S. The fourth-order valence-corrected chi connectivity index (χ4v) is 4.96. The molecule has 9 heteroatoms. The van der Waals surface area contributed by atoms with Crippen LogP contribution in [0.25, 0.3) is 5.69 Å². The number of aromatic nitrogens is 1. The summed E-state index contributed by atoms with van der Waals surface area (Å²) >= 11 is 0. The van der Waals surface area contributed by atoms with Crippen LogP contribution in [-0.2, 0) is 9.84 Å². The molecule has 3 atom stereocenters. The van der Waals surface area contributed by atoms with Crippen LogP contribution in [0.2, 0.25) is 0 Å². The van der Waals surface area contributed by atoms with Gasteiger partial charge in [-0.3, -0.25) is 9.36 Å². The number of nitrogens with zero attached hydrogens (tertiary/aromatic N) is 3. The summed E-state index contributed by atoms with van der Waals surface area (Å²) in [6.45, 7) is 8.36. The zero-order valence-corrected chi connectivity index (χ0v) is 20.6. The number of piperidine rings is 1. The van der Waals surface area contributed by atoms with Crippen LogP contribution < -0.4 is 16.0 Å². The molecule has 182 valence electrons. The second-order valence-corrected chi connectivity index (χ2v) is 10.5. The van der Waals surface area contributed by atoms with Crippen LogP contribution >= 0.6 is 0 Å². The maximum atomic E-state index is 12.7. The lowest BCUT2D eigenvalue weighted by Crippen LogP contribution is -2.49. The van der Waals surface area contributed by atoms with E-state index in [1.165, 1.54) is 29.0 Å². The first-order chi connectivity index (χ1) is 16.1. The standard InChI is InChI=1S/C25H32N4O4S/c1-5-20-16-23(15-18(2)29(20)19(3)27-13-6-12-26)33-22-11-14-28(25(30)17-22)21-7-9-24(10-8-21)34(4,31)32/h6-14,17-18,20,23H,3,5,15-16,26H2,1-2,4H3/b12-6-,27-13?/t18-,20-,23+/m1/s1. The van der Waals surface area contributed by atoms with Gasteiger partial charge in [0.05, 0.1) is 4.90 Å². The molecule has 1 aliphatic rings. The van der Waals surface area contributed by atoms with Crippen molar-refractivity contribution in [2.75, 3.05) is 6.26 Å². The van der Waals surface area contributed by atoms with Crippen molar-refractivity contribution in [1.29, 1.82) is 0 Å². The van der Waals surface area contributed by atoms with Gasteiger partial charge in [0.1, 0.15) is 17.7 Å². The normalized spacial score (nSPS) is 21.3. The van der Waals surface area contributed by atoms with Gasteiger partial charge in [0.2, 0.25) is 0 Å². The van der Waals surface area contributed by atoms with Gasteiger partial charge >= 0.3 is 0 Å². The van der Waals surface area contributed by atoms with E-state index in [0.717, 1.165) is 25.5 Å². The predicted molar refractivity (Wildman–Crippen MR) is 135 cm³/mol. The number of sulfone groups is 1.